The molecule has 9 heteroatoms. The van der Waals surface area contributed by atoms with Crippen LogP contribution in [0.2, 0.25) is 0 Å². The van der Waals surface area contributed by atoms with E-state index in [2.05, 4.69) is 5.10 Å². The first-order valence-electron chi connectivity index (χ1n) is 7.22. The normalized spacial score (nSPS) is 11.0. The molecule has 0 aliphatic rings. The summed E-state index contributed by atoms with van der Waals surface area (Å²) in [5, 5.41) is 12.4. The molecule has 0 N–H and O–H groups in total. The number of carbonyl (C=O) groups is 1. The Hall–Kier alpha value is -3.02. The van der Waals surface area contributed by atoms with Crippen molar-refractivity contribution in [3.63, 3.8) is 0 Å². The van der Waals surface area contributed by atoms with Gasteiger partial charge in [0, 0.05) is 6.42 Å². The average Bonchev–Trinajstić information content (AvgIpc) is 3.02. The van der Waals surface area contributed by atoms with Gasteiger partial charge in [-0.25, -0.2) is 9.48 Å². The van der Waals surface area contributed by atoms with Gasteiger partial charge >= 0.3 is 12.1 Å². The second kappa shape index (κ2) is 7.70. The van der Waals surface area contributed by atoms with E-state index in [0.717, 1.165) is 16.8 Å². The van der Waals surface area contributed by atoms with Crippen LogP contribution in [0.3, 0.4) is 0 Å². The highest BCUT2D eigenvalue weighted by molar-refractivity contribution is 5.90. The number of esters is 1. The molecular weight excluding hydrogens is 339 g/mol. The summed E-state index contributed by atoms with van der Waals surface area (Å²) in [6.45, 7) is 0.0337. The average molecular weight is 353 g/mol. The number of alkyl halides is 3. The molecule has 1 heterocycles. The Morgan fingerprint density at radius 3 is 2.80 bits per heavy atom. The fraction of sp³-hybridized carbons (Fsp3) is 0.312. The Bertz CT molecular complexity index is 794. The van der Waals surface area contributed by atoms with Crippen molar-refractivity contribution >= 4 is 5.97 Å². The lowest BCUT2D eigenvalue weighted by Gasteiger charge is -2.08. The highest BCUT2D eigenvalue weighted by Gasteiger charge is 2.30. The zero-order valence-electron chi connectivity index (χ0n) is 13.2. The summed E-state index contributed by atoms with van der Waals surface area (Å²) in [4.78, 5) is 12.0. The lowest BCUT2D eigenvalue weighted by Crippen LogP contribution is -2.10. The minimum atomic E-state index is -4.49. The SMILES string of the molecule is COc1cn(-c2cccc(C(F)(F)F)c2)nc1C(=O)OCCCC#N. The van der Waals surface area contributed by atoms with Crippen molar-refractivity contribution in [1.82, 2.24) is 9.78 Å². The van der Waals surface area contributed by atoms with Gasteiger partial charge in [-0.15, -0.1) is 0 Å². The van der Waals surface area contributed by atoms with Crippen LogP contribution in [-0.4, -0.2) is 29.5 Å². The fourth-order valence-electron chi connectivity index (χ4n) is 1.99. The van der Waals surface area contributed by atoms with Crippen LogP contribution in [0.4, 0.5) is 13.2 Å². The van der Waals surface area contributed by atoms with Crippen molar-refractivity contribution in [3.8, 4) is 17.5 Å². The van der Waals surface area contributed by atoms with E-state index in [-0.39, 0.29) is 30.2 Å². The smallest absolute Gasteiger partial charge is 0.416 e. The van der Waals surface area contributed by atoms with Crippen molar-refractivity contribution in [3.05, 3.63) is 41.7 Å². The molecule has 2 aromatic rings. The fourth-order valence-corrected chi connectivity index (χ4v) is 1.99. The molecule has 0 unspecified atom stereocenters. The summed E-state index contributed by atoms with van der Waals surface area (Å²) >= 11 is 0. The summed E-state index contributed by atoms with van der Waals surface area (Å²) in [7, 11) is 1.31. The number of nitriles is 1. The number of aromatic nitrogens is 2. The number of hydrogen-bond donors (Lipinski definition) is 0. The minimum absolute atomic E-state index is 0.0337. The summed E-state index contributed by atoms with van der Waals surface area (Å²) in [6.07, 6.45) is -2.58. The predicted octanol–water partition coefficient (Wildman–Crippen LogP) is 3.36. The van der Waals surface area contributed by atoms with Crippen molar-refractivity contribution in [2.45, 2.75) is 19.0 Å². The summed E-state index contributed by atoms with van der Waals surface area (Å²) in [6, 6.07) is 6.43. The van der Waals surface area contributed by atoms with Crippen molar-refractivity contribution < 1.29 is 27.4 Å². The number of hydrogen-bond acceptors (Lipinski definition) is 5. The van der Waals surface area contributed by atoms with Crippen LogP contribution in [-0.2, 0) is 10.9 Å². The van der Waals surface area contributed by atoms with Crippen molar-refractivity contribution in [2.75, 3.05) is 13.7 Å². The van der Waals surface area contributed by atoms with Crippen LogP contribution in [0.1, 0.15) is 28.9 Å². The minimum Gasteiger partial charge on any atom is -0.493 e. The molecule has 132 valence electrons. The van der Waals surface area contributed by atoms with E-state index >= 15 is 0 Å². The van der Waals surface area contributed by atoms with Gasteiger partial charge in [-0.1, -0.05) is 6.07 Å². The Morgan fingerprint density at radius 2 is 2.16 bits per heavy atom. The van der Waals surface area contributed by atoms with E-state index in [1.54, 1.807) is 0 Å². The highest BCUT2D eigenvalue weighted by Crippen LogP contribution is 2.30. The molecule has 0 aliphatic heterocycles. The van der Waals surface area contributed by atoms with Crippen LogP contribution in [0, 0.1) is 11.3 Å². The van der Waals surface area contributed by atoms with Crippen LogP contribution >= 0.6 is 0 Å². The van der Waals surface area contributed by atoms with Crippen LogP contribution in [0.5, 0.6) is 5.75 Å². The largest absolute Gasteiger partial charge is 0.493 e. The zero-order valence-corrected chi connectivity index (χ0v) is 13.2. The Balaban J connectivity index is 2.26. The highest BCUT2D eigenvalue weighted by atomic mass is 19.4. The lowest BCUT2D eigenvalue weighted by atomic mass is 10.2. The third-order valence-corrected chi connectivity index (χ3v) is 3.20. The number of ether oxygens (including phenoxy) is 2. The third kappa shape index (κ3) is 4.50. The lowest BCUT2D eigenvalue weighted by molar-refractivity contribution is -0.137. The molecule has 0 spiro atoms. The Labute approximate surface area is 141 Å². The molecular formula is C16H14F3N3O3. The molecule has 2 rings (SSSR count). The van der Waals surface area contributed by atoms with Crippen LogP contribution < -0.4 is 4.74 Å². The molecule has 0 saturated heterocycles. The van der Waals surface area contributed by atoms with Gasteiger partial charge in [-0.05, 0) is 24.6 Å². The van der Waals surface area contributed by atoms with E-state index in [1.165, 1.54) is 25.4 Å². The van der Waals surface area contributed by atoms with Crippen LogP contribution in [0.25, 0.3) is 5.69 Å². The Kier molecular flexibility index (Phi) is 5.64. The predicted molar refractivity (Wildman–Crippen MR) is 80.2 cm³/mol. The Morgan fingerprint density at radius 1 is 1.40 bits per heavy atom. The molecule has 0 fully saturated rings. The standard InChI is InChI=1S/C16H14F3N3O3/c1-24-13-10-22(12-6-4-5-11(9-12)16(17,18)19)21-14(13)15(23)25-8-3-2-7-20/h4-6,9-10H,2-3,8H2,1H3. The molecule has 0 bridgehead atoms. The number of methoxy groups -OCH3 is 1. The molecule has 0 saturated carbocycles. The van der Waals surface area contributed by atoms with E-state index in [9.17, 15) is 18.0 Å². The molecule has 25 heavy (non-hydrogen) atoms. The molecule has 1 aromatic heterocycles. The monoisotopic (exact) mass is 353 g/mol. The molecule has 0 amide bonds. The van der Waals surface area contributed by atoms with Gasteiger partial charge in [0.2, 0.25) is 5.69 Å². The number of carbonyl (C=O) groups excluding carboxylic acids is 1. The number of rotatable bonds is 6. The molecule has 1 aromatic carbocycles. The second-order valence-corrected chi connectivity index (χ2v) is 4.94. The maximum absolute atomic E-state index is 12.8. The quantitative estimate of drug-likeness (QED) is 0.588. The maximum Gasteiger partial charge on any atom is 0.416 e. The molecule has 0 aliphatic carbocycles. The second-order valence-electron chi connectivity index (χ2n) is 4.94. The van der Waals surface area contributed by atoms with Gasteiger partial charge in [0.15, 0.2) is 5.75 Å². The summed E-state index contributed by atoms with van der Waals surface area (Å²) in [5.74, 6) is -0.705. The number of benzene rings is 1. The van der Waals surface area contributed by atoms with Crippen molar-refractivity contribution in [1.29, 1.82) is 5.26 Å². The zero-order chi connectivity index (χ0) is 18.4. The van der Waals surface area contributed by atoms with Gasteiger partial charge in [-0.2, -0.15) is 23.5 Å². The number of unbranched alkanes of at least 4 members (excludes halogenated alkanes) is 1. The topological polar surface area (TPSA) is 77.1 Å². The number of nitrogens with zero attached hydrogens (tertiary/aromatic N) is 3. The van der Waals surface area contributed by atoms with Gasteiger partial charge in [0.25, 0.3) is 0 Å². The van der Waals surface area contributed by atoms with Crippen molar-refractivity contribution in [2.24, 2.45) is 0 Å². The molecule has 0 radical (unpaired) electrons. The molecule has 0 atom stereocenters. The van der Waals surface area contributed by atoms with E-state index < -0.39 is 17.7 Å². The molecule has 6 nitrogen and oxygen atoms in total. The van der Waals surface area contributed by atoms with E-state index in [0.29, 0.717) is 6.42 Å². The summed E-state index contributed by atoms with van der Waals surface area (Å²) < 4.78 is 49.6. The maximum atomic E-state index is 12.8. The first-order chi connectivity index (χ1) is 11.9. The third-order valence-electron chi connectivity index (χ3n) is 3.20. The van der Waals surface area contributed by atoms with Gasteiger partial charge < -0.3 is 9.47 Å². The van der Waals surface area contributed by atoms with Crippen LogP contribution in [0.15, 0.2) is 30.5 Å². The van der Waals surface area contributed by atoms with E-state index in [4.69, 9.17) is 14.7 Å². The van der Waals surface area contributed by atoms with Gasteiger partial charge in [-0.3, -0.25) is 0 Å². The first kappa shape index (κ1) is 18.3. The number of halogens is 3. The van der Waals surface area contributed by atoms with Gasteiger partial charge in [0.05, 0.1) is 37.2 Å². The summed E-state index contributed by atoms with van der Waals surface area (Å²) in [5.41, 5.74) is -0.867. The first-order valence-corrected chi connectivity index (χ1v) is 7.22. The van der Waals surface area contributed by atoms with E-state index in [1.807, 2.05) is 6.07 Å². The van der Waals surface area contributed by atoms with Gasteiger partial charge in [0.1, 0.15) is 0 Å².